The molecule has 2 fully saturated rings. The van der Waals surface area contributed by atoms with Gasteiger partial charge in [0.2, 0.25) is 0 Å². The van der Waals surface area contributed by atoms with E-state index in [-0.39, 0.29) is 5.41 Å². The Kier molecular flexibility index (Phi) is 3.35. The van der Waals surface area contributed by atoms with Crippen molar-refractivity contribution < 1.29 is 9.53 Å². The lowest BCUT2D eigenvalue weighted by Crippen LogP contribution is -2.35. The molecule has 0 aliphatic heterocycles. The van der Waals surface area contributed by atoms with Gasteiger partial charge < -0.3 is 4.74 Å². The van der Waals surface area contributed by atoms with Crippen LogP contribution >= 0.6 is 0 Å². The van der Waals surface area contributed by atoms with Crippen LogP contribution in [0.5, 0.6) is 0 Å². The Labute approximate surface area is 132 Å². The monoisotopic (exact) mass is 294 g/mol. The molecule has 1 aromatic carbocycles. The fourth-order valence-corrected chi connectivity index (χ4v) is 3.95. The van der Waals surface area contributed by atoms with Crippen LogP contribution in [0.4, 0.5) is 0 Å². The molecule has 0 unspecified atom stereocenters. The minimum absolute atomic E-state index is 0.153. The molecule has 0 bridgehead atoms. The van der Waals surface area contributed by atoms with E-state index in [1.807, 2.05) is 6.07 Å². The van der Waals surface area contributed by atoms with Crippen LogP contribution in [-0.4, -0.2) is 19.0 Å². The third-order valence-corrected chi connectivity index (χ3v) is 5.59. The number of hydrogen-bond donors (Lipinski definition) is 0. The SMILES string of the molecule is CO[C@H]1CC[C@]2(CC1)Cc1ccc(C#CC3CC3)cc1C2=O. The lowest BCUT2D eigenvalue weighted by Gasteiger charge is -2.35. The molecule has 0 saturated heterocycles. The summed E-state index contributed by atoms with van der Waals surface area (Å²) < 4.78 is 5.46. The van der Waals surface area contributed by atoms with Gasteiger partial charge in [0, 0.05) is 29.6 Å². The first-order valence-electron chi connectivity index (χ1n) is 8.42. The third kappa shape index (κ3) is 2.38. The van der Waals surface area contributed by atoms with Gasteiger partial charge >= 0.3 is 0 Å². The molecule has 2 heteroatoms. The highest BCUT2D eigenvalue weighted by atomic mass is 16.5. The van der Waals surface area contributed by atoms with E-state index < -0.39 is 0 Å². The Morgan fingerprint density at radius 2 is 1.95 bits per heavy atom. The van der Waals surface area contributed by atoms with Crippen LogP contribution < -0.4 is 0 Å². The van der Waals surface area contributed by atoms with E-state index in [2.05, 4.69) is 24.0 Å². The van der Waals surface area contributed by atoms with Crippen LogP contribution in [0.25, 0.3) is 0 Å². The number of ketones is 1. The molecule has 114 valence electrons. The van der Waals surface area contributed by atoms with Crippen molar-refractivity contribution in [2.45, 2.75) is 51.0 Å². The van der Waals surface area contributed by atoms with Crippen molar-refractivity contribution in [1.82, 2.24) is 0 Å². The number of Topliss-reactive ketones (excluding diaryl/α,β-unsaturated/α-hetero) is 1. The van der Waals surface area contributed by atoms with E-state index in [4.69, 9.17) is 4.74 Å². The summed E-state index contributed by atoms with van der Waals surface area (Å²) in [6.45, 7) is 0. The zero-order chi connectivity index (χ0) is 15.2. The number of hydrogen-bond acceptors (Lipinski definition) is 2. The van der Waals surface area contributed by atoms with Gasteiger partial charge in [-0.25, -0.2) is 0 Å². The average molecular weight is 294 g/mol. The van der Waals surface area contributed by atoms with Crippen LogP contribution in [0.2, 0.25) is 0 Å². The maximum absolute atomic E-state index is 13.0. The molecule has 22 heavy (non-hydrogen) atoms. The zero-order valence-corrected chi connectivity index (χ0v) is 13.2. The summed E-state index contributed by atoms with van der Waals surface area (Å²) in [6.07, 6.45) is 7.65. The molecule has 1 spiro atoms. The molecule has 0 radical (unpaired) electrons. The molecule has 0 aromatic heterocycles. The smallest absolute Gasteiger partial charge is 0.169 e. The van der Waals surface area contributed by atoms with Crippen molar-refractivity contribution in [3.63, 3.8) is 0 Å². The molecule has 2 saturated carbocycles. The number of rotatable bonds is 1. The standard InChI is InChI=1S/C20H22O2/c1-22-17-8-10-20(11-9-17)13-16-7-6-15(5-4-14-2-3-14)12-18(16)19(20)21/h6-7,12,14,17H,2-3,8-11,13H2,1H3/t17-,20-. The van der Waals surface area contributed by atoms with Gasteiger partial charge in [-0.15, -0.1) is 0 Å². The van der Waals surface area contributed by atoms with Gasteiger partial charge in [-0.1, -0.05) is 17.9 Å². The molecule has 1 aromatic rings. The van der Waals surface area contributed by atoms with Gasteiger partial charge in [0.25, 0.3) is 0 Å². The molecular weight excluding hydrogens is 272 g/mol. The number of carbonyl (C=O) groups excluding carboxylic acids is 1. The predicted octanol–water partition coefficient (Wildman–Crippen LogP) is 3.76. The lowest BCUT2D eigenvalue weighted by molar-refractivity contribution is 0.0285. The van der Waals surface area contributed by atoms with E-state index in [1.54, 1.807) is 7.11 Å². The highest BCUT2D eigenvalue weighted by Crippen LogP contribution is 2.47. The first-order chi connectivity index (χ1) is 10.7. The van der Waals surface area contributed by atoms with Crippen molar-refractivity contribution in [3.05, 3.63) is 34.9 Å². The van der Waals surface area contributed by atoms with Crippen molar-refractivity contribution in [3.8, 4) is 11.8 Å². The number of carbonyl (C=O) groups is 1. The quantitative estimate of drug-likeness (QED) is 0.737. The summed E-state index contributed by atoms with van der Waals surface area (Å²) in [4.78, 5) is 13.0. The fraction of sp³-hybridized carbons (Fsp3) is 0.550. The second kappa shape index (κ2) is 5.25. The summed E-state index contributed by atoms with van der Waals surface area (Å²) in [6, 6.07) is 6.24. The van der Waals surface area contributed by atoms with Gasteiger partial charge in [-0.2, -0.15) is 0 Å². The number of ether oxygens (including phenoxy) is 1. The van der Waals surface area contributed by atoms with Gasteiger partial charge in [0.15, 0.2) is 5.78 Å². The third-order valence-electron chi connectivity index (χ3n) is 5.59. The van der Waals surface area contributed by atoms with Crippen molar-refractivity contribution in [2.75, 3.05) is 7.11 Å². The van der Waals surface area contributed by atoms with Crippen LogP contribution in [0.1, 0.15) is 60.0 Å². The summed E-state index contributed by atoms with van der Waals surface area (Å²) >= 11 is 0. The molecular formula is C20H22O2. The minimum atomic E-state index is -0.153. The molecule has 3 aliphatic rings. The second-order valence-electron chi connectivity index (χ2n) is 7.14. The van der Waals surface area contributed by atoms with Crippen LogP contribution in [0.3, 0.4) is 0 Å². The Morgan fingerprint density at radius 3 is 2.64 bits per heavy atom. The maximum Gasteiger partial charge on any atom is 0.169 e. The maximum atomic E-state index is 13.0. The largest absolute Gasteiger partial charge is 0.381 e. The molecule has 0 N–H and O–H groups in total. The van der Waals surface area contributed by atoms with Gasteiger partial charge in [-0.3, -0.25) is 4.79 Å². The number of fused-ring (bicyclic) bond motifs is 1. The Morgan fingerprint density at radius 1 is 1.18 bits per heavy atom. The summed E-state index contributed by atoms with van der Waals surface area (Å²) in [5.74, 6) is 7.48. The second-order valence-corrected chi connectivity index (χ2v) is 7.14. The molecule has 2 nitrogen and oxygen atoms in total. The number of benzene rings is 1. The van der Waals surface area contributed by atoms with Gasteiger partial charge in [0.05, 0.1) is 6.10 Å². The summed E-state index contributed by atoms with van der Waals surface area (Å²) in [7, 11) is 1.78. The lowest BCUT2D eigenvalue weighted by atomic mass is 9.70. The van der Waals surface area contributed by atoms with E-state index in [0.717, 1.165) is 43.2 Å². The van der Waals surface area contributed by atoms with Crippen molar-refractivity contribution in [1.29, 1.82) is 0 Å². The molecule has 3 aliphatic carbocycles. The molecule has 0 heterocycles. The fourth-order valence-electron chi connectivity index (χ4n) is 3.95. The molecule has 4 rings (SSSR count). The van der Waals surface area contributed by atoms with Crippen LogP contribution in [0, 0.1) is 23.2 Å². The Balaban J connectivity index is 1.58. The van der Waals surface area contributed by atoms with E-state index in [1.165, 1.54) is 18.4 Å². The topological polar surface area (TPSA) is 26.3 Å². The average Bonchev–Trinajstić information content (AvgIpc) is 3.34. The predicted molar refractivity (Wildman–Crippen MR) is 85.8 cm³/mol. The first kappa shape index (κ1) is 14.0. The summed E-state index contributed by atoms with van der Waals surface area (Å²) in [5, 5.41) is 0. The van der Waals surface area contributed by atoms with Crippen molar-refractivity contribution in [2.24, 2.45) is 11.3 Å². The minimum Gasteiger partial charge on any atom is -0.381 e. The van der Waals surface area contributed by atoms with Gasteiger partial charge in [0.1, 0.15) is 0 Å². The van der Waals surface area contributed by atoms with Crippen molar-refractivity contribution >= 4 is 5.78 Å². The Hall–Kier alpha value is -1.59. The van der Waals surface area contributed by atoms with E-state index >= 15 is 0 Å². The number of methoxy groups -OCH3 is 1. The summed E-state index contributed by atoms with van der Waals surface area (Å²) in [5.41, 5.74) is 3.00. The van der Waals surface area contributed by atoms with E-state index in [0.29, 0.717) is 17.8 Å². The highest BCUT2D eigenvalue weighted by Gasteiger charge is 2.47. The van der Waals surface area contributed by atoms with E-state index in [9.17, 15) is 4.79 Å². The Bertz CT molecular complexity index is 665. The van der Waals surface area contributed by atoms with Crippen LogP contribution in [0.15, 0.2) is 18.2 Å². The highest BCUT2D eigenvalue weighted by molar-refractivity contribution is 6.05. The first-order valence-corrected chi connectivity index (χ1v) is 8.42. The van der Waals surface area contributed by atoms with Gasteiger partial charge in [-0.05, 0) is 62.6 Å². The van der Waals surface area contributed by atoms with Crippen LogP contribution in [-0.2, 0) is 11.2 Å². The normalized spacial score (nSPS) is 30.0. The molecule has 0 amide bonds. The zero-order valence-electron chi connectivity index (χ0n) is 13.2. The molecule has 0 atom stereocenters.